The van der Waals surface area contributed by atoms with Crippen LogP contribution in [0.25, 0.3) is 0 Å². The quantitative estimate of drug-likeness (QED) is 0.136. The van der Waals surface area contributed by atoms with E-state index in [4.69, 9.17) is 0 Å². The molecule has 0 aliphatic carbocycles. The molecule has 0 amide bonds. The van der Waals surface area contributed by atoms with Crippen molar-refractivity contribution >= 4 is 100 Å². The van der Waals surface area contributed by atoms with Crippen molar-refractivity contribution in [3.8, 4) is 0 Å². The van der Waals surface area contributed by atoms with Gasteiger partial charge in [-0.05, 0) is 0 Å². The average Bonchev–Trinajstić information content (AvgIpc) is 3.44. The van der Waals surface area contributed by atoms with E-state index < -0.39 is 0 Å². The van der Waals surface area contributed by atoms with Crippen molar-refractivity contribution in [2.75, 3.05) is 51.8 Å². The van der Waals surface area contributed by atoms with Crippen LogP contribution in [-0.4, -0.2) is 97.4 Å². The van der Waals surface area contributed by atoms with Gasteiger partial charge in [0.05, 0.1) is 0 Å². The molecule has 0 bridgehead atoms. The average molecular weight is 571 g/mol. The Labute approximate surface area is 186 Å². The summed E-state index contributed by atoms with van der Waals surface area (Å²) >= 11 is 15.0. The molecule has 0 saturated carbocycles. The molecular formula is C16H28S6Se2. The zero-order valence-electron chi connectivity index (χ0n) is 14.1. The van der Waals surface area contributed by atoms with Crippen LogP contribution in [0, 0.1) is 0 Å². The second-order valence-corrected chi connectivity index (χ2v) is 18.9. The summed E-state index contributed by atoms with van der Waals surface area (Å²) in [7, 11) is 0. The summed E-state index contributed by atoms with van der Waals surface area (Å²) in [5.41, 5.74) is 0. The second kappa shape index (κ2) is 13.4. The van der Waals surface area contributed by atoms with Gasteiger partial charge < -0.3 is 0 Å². The number of thioether (sulfide) groups is 6. The van der Waals surface area contributed by atoms with Gasteiger partial charge in [0.25, 0.3) is 0 Å². The Bertz CT molecular complexity index is 337. The van der Waals surface area contributed by atoms with E-state index in [1.165, 1.54) is 62.4 Å². The van der Waals surface area contributed by atoms with Crippen LogP contribution in [0.3, 0.4) is 0 Å². The first-order valence-corrected chi connectivity index (χ1v) is 19.9. The van der Waals surface area contributed by atoms with Crippen LogP contribution in [0.15, 0.2) is 0 Å². The first kappa shape index (κ1) is 21.8. The molecule has 8 heteroatoms. The summed E-state index contributed by atoms with van der Waals surface area (Å²) in [5, 5.41) is 7.72. The van der Waals surface area contributed by atoms with Crippen LogP contribution < -0.4 is 0 Å². The molecule has 4 unspecified atom stereocenters. The zero-order valence-corrected chi connectivity index (χ0v) is 22.4. The fourth-order valence-corrected chi connectivity index (χ4v) is 16.3. The molecule has 0 aromatic rings. The summed E-state index contributed by atoms with van der Waals surface area (Å²) in [6.45, 7) is 0. The van der Waals surface area contributed by atoms with Crippen LogP contribution in [0.2, 0.25) is 20.8 Å². The van der Waals surface area contributed by atoms with Crippen molar-refractivity contribution in [3.63, 3.8) is 0 Å². The molecule has 140 valence electrons. The topological polar surface area (TPSA) is 0 Å². The Balaban J connectivity index is 1.18. The first-order valence-electron chi connectivity index (χ1n) is 8.67. The Kier molecular flexibility index (Phi) is 12.2. The second-order valence-electron chi connectivity index (χ2n) is 6.12. The van der Waals surface area contributed by atoms with Crippen LogP contribution >= 0.6 is 70.6 Å². The summed E-state index contributed by atoms with van der Waals surface area (Å²) in [6.07, 6.45) is 0. The van der Waals surface area contributed by atoms with Crippen molar-refractivity contribution in [1.29, 1.82) is 0 Å². The third-order valence-corrected chi connectivity index (χ3v) is 18.5. The standard InChI is InChI=1S/C16H28S6Se2/c1(17-5-13-8-20-13)3-23-12-16(11-19-7-15-10-22-15)24-4-2-18-6-14-9-21-14/h13-16H,1-12H2. The van der Waals surface area contributed by atoms with Crippen molar-refractivity contribution in [2.45, 2.75) is 36.5 Å². The van der Waals surface area contributed by atoms with Gasteiger partial charge >= 0.3 is 189 Å². The third-order valence-electron chi connectivity index (χ3n) is 3.68. The monoisotopic (exact) mass is 572 g/mol. The molecule has 3 fully saturated rings. The Morgan fingerprint density at radius 1 is 0.792 bits per heavy atom. The van der Waals surface area contributed by atoms with E-state index in [1.54, 1.807) is 5.32 Å². The SMILES string of the molecule is C(C[Se]CC(CSCC1CS1)[Se]CCSCC1CS1)SCC1CS1. The summed E-state index contributed by atoms with van der Waals surface area (Å²) in [4.78, 5) is 1.09. The van der Waals surface area contributed by atoms with Gasteiger partial charge in [-0.1, -0.05) is 0 Å². The third kappa shape index (κ3) is 11.9. The molecule has 0 nitrogen and oxygen atoms in total. The minimum absolute atomic E-state index is 0.910. The van der Waals surface area contributed by atoms with Gasteiger partial charge in [-0.25, -0.2) is 0 Å². The fourth-order valence-electron chi connectivity index (χ4n) is 2.00. The van der Waals surface area contributed by atoms with E-state index in [0.717, 1.165) is 50.5 Å². The Hall–Kier alpha value is 3.14. The Morgan fingerprint density at radius 3 is 1.92 bits per heavy atom. The summed E-state index contributed by atoms with van der Waals surface area (Å²) < 4.78 is 0. The predicted octanol–water partition coefficient (Wildman–Crippen LogP) is 4.98. The minimum atomic E-state index is 0.910. The summed E-state index contributed by atoms with van der Waals surface area (Å²) in [5.74, 6) is 13.0. The number of hydrogen-bond donors (Lipinski definition) is 0. The fraction of sp³-hybridized carbons (Fsp3) is 1.00. The molecule has 0 aromatic carbocycles. The van der Waals surface area contributed by atoms with E-state index in [1.807, 2.05) is 0 Å². The zero-order chi connectivity index (χ0) is 16.5. The van der Waals surface area contributed by atoms with E-state index in [0.29, 0.717) is 0 Å². The number of hydrogen-bond acceptors (Lipinski definition) is 6. The van der Waals surface area contributed by atoms with Crippen LogP contribution in [0.1, 0.15) is 0 Å². The molecule has 3 aliphatic rings. The van der Waals surface area contributed by atoms with Gasteiger partial charge in [-0.3, -0.25) is 0 Å². The van der Waals surface area contributed by atoms with E-state index in [9.17, 15) is 0 Å². The van der Waals surface area contributed by atoms with Gasteiger partial charge in [0, 0.05) is 0 Å². The predicted molar refractivity (Wildman–Crippen MR) is 130 cm³/mol. The molecule has 24 heavy (non-hydrogen) atoms. The van der Waals surface area contributed by atoms with Gasteiger partial charge in [0.2, 0.25) is 0 Å². The molecule has 0 radical (unpaired) electrons. The molecule has 3 aliphatic heterocycles. The van der Waals surface area contributed by atoms with Crippen LogP contribution in [0.4, 0.5) is 0 Å². The van der Waals surface area contributed by atoms with Crippen molar-refractivity contribution < 1.29 is 0 Å². The van der Waals surface area contributed by atoms with Crippen molar-refractivity contribution in [1.82, 2.24) is 0 Å². The molecule has 0 aromatic heterocycles. The van der Waals surface area contributed by atoms with E-state index in [2.05, 4.69) is 70.6 Å². The van der Waals surface area contributed by atoms with E-state index in [-0.39, 0.29) is 0 Å². The van der Waals surface area contributed by atoms with Gasteiger partial charge in [-0.2, -0.15) is 0 Å². The first-order chi connectivity index (χ1) is 11.9. The van der Waals surface area contributed by atoms with Crippen LogP contribution in [0.5, 0.6) is 0 Å². The molecule has 0 spiro atoms. The molecule has 0 N–H and O–H groups in total. The molecule has 4 atom stereocenters. The van der Waals surface area contributed by atoms with Crippen molar-refractivity contribution in [2.24, 2.45) is 0 Å². The van der Waals surface area contributed by atoms with Gasteiger partial charge in [-0.15, -0.1) is 0 Å². The normalized spacial score (nSPS) is 28.8. The maximum atomic E-state index is 2.28. The van der Waals surface area contributed by atoms with Gasteiger partial charge in [0.15, 0.2) is 0 Å². The molecular weight excluding hydrogens is 542 g/mol. The maximum absolute atomic E-state index is 2.28. The van der Waals surface area contributed by atoms with Gasteiger partial charge in [0.1, 0.15) is 0 Å². The van der Waals surface area contributed by atoms with E-state index >= 15 is 0 Å². The van der Waals surface area contributed by atoms with Crippen LogP contribution in [-0.2, 0) is 0 Å². The molecule has 3 rings (SSSR count). The number of rotatable bonds is 17. The summed E-state index contributed by atoms with van der Waals surface area (Å²) in [6, 6.07) is 0. The Morgan fingerprint density at radius 2 is 1.33 bits per heavy atom. The van der Waals surface area contributed by atoms with Crippen molar-refractivity contribution in [3.05, 3.63) is 0 Å². The molecule has 3 saturated heterocycles. The molecule has 3 heterocycles.